The van der Waals surface area contributed by atoms with Gasteiger partial charge in [-0.3, -0.25) is 4.90 Å². The minimum atomic E-state index is -1.00. The molecule has 2 N–H and O–H groups in total. The zero-order valence-corrected chi connectivity index (χ0v) is 9.41. The lowest BCUT2D eigenvalue weighted by atomic mass is 10.1. The molecular formula is C11H15N3O3. The van der Waals surface area contributed by atoms with Crippen molar-refractivity contribution >= 4 is 5.97 Å². The average Bonchev–Trinajstić information content (AvgIpc) is 2.32. The molecule has 1 aromatic heterocycles. The zero-order chi connectivity index (χ0) is 12.3. The monoisotopic (exact) mass is 237 g/mol. The van der Waals surface area contributed by atoms with Gasteiger partial charge < -0.3 is 10.2 Å². The van der Waals surface area contributed by atoms with Gasteiger partial charge in [0, 0.05) is 25.8 Å². The van der Waals surface area contributed by atoms with Crippen LogP contribution in [0.2, 0.25) is 0 Å². The molecule has 1 aliphatic heterocycles. The summed E-state index contributed by atoms with van der Waals surface area (Å²) in [5, 5.41) is 18.4. The standard InChI is InChI=1S/C11H15N3O3/c15-8-1-3-14(4-2-8)6-10-9(11(16)17)5-12-7-13-10/h5,7-8,15H,1-4,6H2,(H,16,17). The third-order valence-electron chi connectivity index (χ3n) is 2.96. The van der Waals surface area contributed by atoms with Crippen molar-refractivity contribution in [1.82, 2.24) is 14.9 Å². The van der Waals surface area contributed by atoms with Gasteiger partial charge in [0.25, 0.3) is 0 Å². The van der Waals surface area contributed by atoms with Crippen LogP contribution >= 0.6 is 0 Å². The fraction of sp³-hybridized carbons (Fsp3) is 0.545. The fourth-order valence-corrected chi connectivity index (χ4v) is 1.95. The van der Waals surface area contributed by atoms with E-state index in [1.54, 1.807) is 0 Å². The Labute approximate surface area is 98.9 Å². The molecule has 0 spiro atoms. The largest absolute Gasteiger partial charge is 0.478 e. The number of rotatable bonds is 3. The highest BCUT2D eigenvalue weighted by atomic mass is 16.4. The van der Waals surface area contributed by atoms with Crippen LogP contribution in [0.1, 0.15) is 28.9 Å². The number of piperidine rings is 1. The summed E-state index contributed by atoms with van der Waals surface area (Å²) < 4.78 is 0. The third-order valence-corrected chi connectivity index (χ3v) is 2.96. The number of carboxylic acids is 1. The van der Waals surface area contributed by atoms with Crippen LogP contribution in [0, 0.1) is 0 Å². The van der Waals surface area contributed by atoms with Gasteiger partial charge in [0.05, 0.1) is 11.8 Å². The second kappa shape index (κ2) is 5.20. The Morgan fingerprint density at radius 2 is 2.18 bits per heavy atom. The molecule has 0 bridgehead atoms. The molecule has 0 saturated carbocycles. The molecule has 6 heteroatoms. The van der Waals surface area contributed by atoms with E-state index in [-0.39, 0.29) is 11.7 Å². The van der Waals surface area contributed by atoms with Gasteiger partial charge >= 0.3 is 5.97 Å². The summed E-state index contributed by atoms with van der Waals surface area (Å²) in [5.41, 5.74) is 0.683. The third kappa shape index (κ3) is 2.98. The second-order valence-electron chi connectivity index (χ2n) is 4.20. The van der Waals surface area contributed by atoms with E-state index >= 15 is 0 Å². The van der Waals surface area contributed by atoms with Gasteiger partial charge in [-0.2, -0.15) is 0 Å². The van der Waals surface area contributed by atoms with Crippen molar-refractivity contribution < 1.29 is 15.0 Å². The van der Waals surface area contributed by atoms with Gasteiger partial charge in [0.1, 0.15) is 11.9 Å². The number of hydrogen-bond donors (Lipinski definition) is 2. The Kier molecular flexibility index (Phi) is 3.65. The van der Waals surface area contributed by atoms with Gasteiger partial charge in [0.2, 0.25) is 0 Å². The summed E-state index contributed by atoms with van der Waals surface area (Å²) in [7, 11) is 0. The Hall–Kier alpha value is -1.53. The van der Waals surface area contributed by atoms with Crippen molar-refractivity contribution in [3.63, 3.8) is 0 Å². The van der Waals surface area contributed by atoms with E-state index in [4.69, 9.17) is 5.11 Å². The number of aliphatic hydroxyl groups is 1. The molecule has 0 amide bonds. The Balaban J connectivity index is 2.05. The van der Waals surface area contributed by atoms with Crippen molar-refractivity contribution in [2.45, 2.75) is 25.5 Å². The molecule has 17 heavy (non-hydrogen) atoms. The van der Waals surface area contributed by atoms with E-state index < -0.39 is 5.97 Å². The van der Waals surface area contributed by atoms with Crippen molar-refractivity contribution in [3.05, 3.63) is 23.8 Å². The molecule has 0 radical (unpaired) electrons. The van der Waals surface area contributed by atoms with Crippen molar-refractivity contribution in [2.24, 2.45) is 0 Å². The van der Waals surface area contributed by atoms with Crippen LogP contribution in [0.25, 0.3) is 0 Å². The van der Waals surface area contributed by atoms with E-state index in [1.807, 2.05) is 0 Å². The van der Waals surface area contributed by atoms with Gasteiger partial charge in [-0.05, 0) is 12.8 Å². The number of carboxylic acid groups (broad SMARTS) is 1. The Morgan fingerprint density at radius 3 is 2.82 bits per heavy atom. The summed E-state index contributed by atoms with van der Waals surface area (Å²) in [4.78, 5) is 20.8. The highest BCUT2D eigenvalue weighted by Gasteiger charge is 2.20. The molecule has 1 saturated heterocycles. The van der Waals surface area contributed by atoms with Gasteiger partial charge in [-0.25, -0.2) is 14.8 Å². The van der Waals surface area contributed by atoms with Crippen LogP contribution in [-0.2, 0) is 6.54 Å². The number of hydrogen-bond acceptors (Lipinski definition) is 5. The molecule has 92 valence electrons. The van der Waals surface area contributed by atoms with Crippen LogP contribution in [0.4, 0.5) is 0 Å². The highest BCUT2D eigenvalue weighted by molar-refractivity contribution is 5.88. The number of nitrogens with zero attached hydrogens (tertiary/aromatic N) is 3. The van der Waals surface area contributed by atoms with E-state index in [2.05, 4.69) is 14.9 Å². The van der Waals surface area contributed by atoms with E-state index in [9.17, 15) is 9.90 Å². The Morgan fingerprint density at radius 1 is 1.47 bits per heavy atom. The summed E-state index contributed by atoms with van der Waals surface area (Å²) in [6.07, 6.45) is 3.92. The highest BCUT2D eigenvalue weighted by Crippen LogP contribution is 2.14. The van der Waals surface area contributed by atoms with Crippen LogP contribution in [0.5, 0.6) is 0 Å². The minimum Gasteiger partial charge on any atom is -0.478 e. The zero-order valence-electron chi connectivity index (χ0n) is 9.41. The maximum absolute atomic E-state index is 11.0. The van der Waals surface area contributed by atoms with Crippen molar-refractivity contribution in [3.8, 4) is 0 Å². The topological polar surface area (TPSA) is 86.5 Å². The predicted octanol–water partition coefficient (Wildman–Crippen LogP) is 0.131. The van der Waals surface area contributed by atoms with Crippen LogP contribution in [0.3, 0.4) is 0 Å². The molecule has 0 atom stereocenters. The second-order valence-corrected chi connectivity index (χ2v) is 4.20. The quantitative estimate of drug-likeness (QED) is 0.777. The molecule has 0 aromatic carbocycles. The SMILES string of the molecule is O=C(O)c1cncnc1CN1CCC(O)CC1. The molecule has 1 fully saturated rings. The normalized spacial score (nSPS) is 18.2. The van der Waals surface area contributed by atoms with E-state index in [0.29, 0.717) is 12.2 Å². The van der Waals surface area contributed by atoms with E-state index in [1.165, 1.54) is 12.5 Å². The molecule has 6 nitrogen and oxygen atoms in total. The number of aromatic nitrogens is 2. The Bertz CT molecular complexity index is 403. The summed E-state index contributed by atoms with van der Waals surface area (Å²) >= 11 is 0. The fourth-order valence-electron chi connectivity index (χ4n) is 1.95. The van der Waals surface area contributed by atoms with Gasteiger partial charge in [-0.1, -0.05) is 0 Å². The summed E-state index contributed by atoms with van der Waals surface area (Å²) in [6.45, 7) is 2.03. The maximum Gasteiger partial charge on any atom is 0.339 e. The number of aliphatic hydroxyl groups excluding tert-OH is 1. The first-order chi connectivity index (χ1) is 8.16. The number of aromatic carboxylic acids is 1. The molecule has 0 unspecified atom stereocenters. The summed E-state index contributed by atoms with van der Waals surface area (Å²) in [5.74, 6) is -1.00. The first kappa shape index (κ1) is 11.9. The molecule has 0 aliphatic carbocycles. The van der Waals surface area contributed by atoms with Crippen LogP contribution < -0.4 is 0 Å². The summed E-state index contributed by atoms with van der Waals surface area (Å²) in [6, 6.07) is 0. The molecular weight excluding hydrogens is 222 g/mol. The molecule has 2 heterocycles. The first-order valence-corrected chi connectivity index (χ1v) is 5.59. The number of likely N-dealkylation sites (tertiary alicyclic amines) is 1. The predicted molar refractivity (Wildman–Crippen MR) is 59.5 cm³/mol. The van der Waals surface area contributed by atoms with Crippen molar-refractivity contribution in [1.29, 1.82) is 0 Å². The van der Waals surface area contributed by atoms with Gasteiger partial charge in [-0.15, -0.1) is 0 Å². The van der Waals surface area contributed by atoms with Crippen LogP contribution in [-0.4, -0.2) is 50.2 Å². The lowest BCUT2D eigenvalue weighted by molar-refractivity contribution is 0.0680. The lowest BCUT2D eigenvalue weighted by Gasteiger charge is -2.29. The number of carbonyl (C=O) groups is 1. The first-order valence-electron chi connectivity index (χ1n) is 5.59. The molecule has 1 aliphatic rings. The van der Waals surface area contributed by atoms with E-state index in [0.717, 1.165) is 25.9 Å². The van der Waals surface area contributed by atoms with Crippen LogP contribution in [0.15, 0.2) is 12.5 Å². The van der Waals surface area contributed by atoms with Crippen molar-refractivity contribution in [2.75, 3.05) is 13.1 Å². The smallest absolute Gasteiger partial charge is 0.339 e. The lowest BCUT2D eigenvalue weighted by Crippen LogP contribution is -2.35. The minimum absolute atomic E-state index is 0.152. The van der Waals surface area contributed by atoms with Gasteiger partial charge in [0.15, 0.2) is 0 Å². The average molecular weight is 237 g/mol. The molecule has 1 aromatic rings. The maximum atomic E-state index is 11.0. The molecule has 2 rings (SSSR count).